The van der Waals surface area contributed by atoms with Gasteiger partial charge in [-0.2, -0.15) is 0 Å². The van der Waals surface area contributed by atoms with Crippen molar-refractivity contribution < 1.29 is 14.7 Å². The van der Waals surface area contributed by atoms with Crippen LogP contribution in [0, 0.1) is 5.41 Å². The largest absolute Gasteiger partial charge is 0.383 e. The molecule has 3 N–H and O–H groups in total. The summed E-state index contributed by atoms with van der Waals surface area (Å²) in [5.74, 6) is -0.848. The van der Waals surface area contributed by atoms with E-state index in [4.69, 9.17) is 11.6 Å². The van der Waals surface area contributed by atoms with E-state index in [9.17, 15) is 14.7 Å². The molecule has 0 radical (unpaired) electrons. The third-order valence-corrected chi connectivity index (χ3v) is 4.93. The highest BCUT2D eigenvalue weighted by atomic mass is 35.5. The molecule has 0 aliphatic carbocycles. The van der Waals surface area contributed by atoms with E-state index in [-0.39, 0.29) is 12.5 Å². The molecule has 11 heteroatoms. The summed E-state index contributed by atoms with van der Waals surface area (Å²) in [5.41, 5.74) is 3.66. The van der Waals surface area contributed by atoms with Gasteiger partial charge in [0, 0.05) is 18.1 Å². The van der Waals surface area contributed by atoms with Gasteiger partial charge < -0.3 is 10.4 Å². The maximum atomic E-state index is 12.8. The van der Waals surface area contributed by atoms with Crippen LogP contribution in [-0.2, 0) is 16.1 Å². The minimum absolute atomic E-state index is 0.176. The van der Waals surface area contributed by atoms with Crippen molar-refractivity contribution in [2.45, 2.75) is 45.9 Å². The molecule has 2 atom stereocenters. The number of tetrazole rings is 1. The molecular formula is C18H24ClN7O3. The molecule has 0 bridgehead atoms. The first kappa shape index (κ1) is 21.2. The molecule has 1 unspecified atom stereocenters. The molecule has 1 saturated heterocycles. The van der Waals surface area contributed by atoms with E-state index in [0.29, 0.717) is 23.7 Å². The molecule has 0 saturated carbocycles. The molecule has 1 fully saturated rings. The number of hydrogen-bond acceptors (Lipinski definition) is 7. The average Bonchev–Trinajstić information content (AvgIpc) is 3.36. The van der Waals surface area contributed by atoms with Crippen molar-refractivity contribution in [3.63, 3.8) is 0 Å². The van der Waals surface area contributed by atoms with Crippen LogP contribution in [0.15, 0.2) is 24.5 Å². The second-order valence-electron chi connectivity index (χ2n) is 7.93. The maximum Gasteiger partial charge on any atom is 0.266 e. The average molecular weight is 422 g/mol. The number of hydrogen-bond donors (Lipinski definition) is 3. The lowest BCUT2D eigenvalue weighted by molar-refractivity contribution is -0.153. The van der Waals surface area contributed by atoms with Crippen molar-refractivity contribution >= 4 is 23.4 Å². The monoisotopic (exact) mass is 421 g/mol. The molecule has 1 aliphatic heterocycles. The van der Waals surface area contributed by atoms with Crippen molar-refractivity contribution in [3.05, 3.63) is 35.1 Å². The van der Waals surface area contributed by atoms with Gasteiger partial charge in [0.05, 0.1) is 5.69 Å². The minimum atomic E-state index is -1.22. The van der Waals surface area contributed by atoms with E-state index < -0.39 is 23.5 Å². The zero-order chi connectivity index (χ0) is 21.2. The Hall–Kier alpha value is -2.56. The number of aliphatic hydroxyl groups is 1. The summed E-state index contributed by atoms with van der Waals surface area (Å²) in [6.07, 6.45) is 0.677. The number of aliphatic hydroxyl groups excluding tert-OH is 1. The molecule has 1 aliphatic rings. The third kappa shape index (κ3) is 4.72. The highest BCUT2D eigenvalue weighted by Crippen LogP contribution is 2.23. The summed E-state index contributed by atoms with van der Waals surface area (Å²) < 4.78 is 1.48. The van der Waals surface area contributed by atoms with Crippen LogP contribution in [0.5, 0.6) is 0 Å². The third-order valence-electron chi connectivity index (χ3n) is 4.70. The van der Waals surface area contributed by atoms with Gasteiger partial charge in [-0.25, -0.2) is 10.1 Å². The summed E-state index contributed by atoms with van der Waals surface area (Å²) in [7, 11) is 0. The number of benzene rings is 1. The fourth-order valence-electron chi connectivity index (χ4n) is 3.03. The Morgan fingerprint density at radius 3 is 2.83 bits per heavy atom. The Kier molecular flexibility index (Phi) is 6.15. The van der Waals surface area contributed by atoms with E-state index in [1.54, 1.807) is 39.0 Å². The lowest BCUT2D eigenvalue weighted by Gasteiger charge is -2.31. The van der Waals surface area contributed by atoms with Crippen LogP contribution < -0.4 is 10.7 Å². The van der Waals surface area contributed by atoms with E-state index >= 15 is 0 Å². The fraction of sp³-hybridized carbons (Fsp3) is 0.500. The summed E-state index contributed by atoms with van der Waals surface area (Å²) in [4.78, 5) is 25.4. The van der Waals surface area contributed by atoms with Crippen molar-refractivity contribution in [2.24, 2.45) is 5.41 Å². The zero-order valence-electron chi connectivity index (χ0n) is 16.5. The number of aromatic nitrogens is 4. The second kappa shape index (κ2) is 8.44. The fourth-order valence-corrected chi connectivity index (χ4v) is 3.23. The lowest BCUT2D eigenvalue weighted by atomic mass is 9.88. The van der Waals surface area contributed by atoms with Crippen LogP contribution in [0.4, 0.5) is 0 Å². The van der Waals surface area contributed by atoms with Crippen LogP contribution in [-0.4, -0.2) is 60.8 Å². The topological polar surface area (TPSA) is 125 Å². The van der Waals surface area contributed by atoms with Crippen LogP contribution in [0.2, 0.25) is 5.02 Å². The number of halogens is 1. The maximum absolute atomic E-state index is 12.8. The summed E-state index contributed by atoms with van der Waals surface area (Å²) in [5, 5.41) is 26.0. The van der Waals surface area contributed by atoms with E-state index in [0.717, 1.165) is 5.56 Å². The van der Waals surface area contributed by atoms with Gasteiger partial charge >= 0.3 is 0 Å². The Morgan fingerprint density at radius 2 is 2.17 bits per heavy atom. The molecule has 29 heavy (non-hydrogen) atoms. The van der Waals surface area contributed by atoms with Gasteiger partial charge in [0.25, 0.3) is 5.91 Å². The van der Waals surface area contributed by atoms with Gasteiger partial charge in [-0.15, -0.1) is 5.10 Å². The predicted octanol–water partition coefficient (Wildman–Crippen LogP) is 0.444. The highest BCUT2D eigenvalue weighted by Gasteiger charge is 2.40. The van der Waals surface area contributed by atoms with Crippen LogP contribution in [0.25, 0.3) is 5.69 Å². The van der Waals surface area contributed by atoms with Crippen LogP contribution >= 0.6 is 11.6 Å². The Labute approximate surface area is 173 Å². The SMILES string of the molecule is CC(C)(C)[C@@H](O)C(=O)N1NCCC1C(=O)NCc1cc(Cl)ccc1-n1cnnn1. The Bertz CT molecular complexity index is 882. The van der Waals surface area contributed by atoms with E-state index in [1.165, 1.54) is 16.0 Å². The summed E-state index contributed by atoms with van der Waals surface area (Å²) >= 11 is 6.10. The minimum Gasteiger partial charge on any atom is -0.383 e. The second-order valence-corrected chi connectivity index (χ2v) is 8.37. The van der Waals surface area contributed by atoms with Crippen molar-refractivity contribution in [2.75, 3.05) is 6.54 Å². The number of nitrogens with one attached hydrogen (secondary N) is 2. The smallest absolute Gasteiger partial charge is 0.266 e. The number of carbonyl (C=O) groups excluding carboxylic acids is 2. The number of carbonyl (C=O) groups is 2. The molecular weight excluding hydrogens is 398 g/mol. The molecule has 3 rings (SSSR count). The van der Waals surface area contributed by atoms with Crippen LogP contribution in [0.3, 0.4) is 0 Å². The number of amides is 2. The zero-order valence-corrected chi connectivity index (χ0v) is 17.2. The normalized spacial score (nSPS) is 18.0. The highest BCUT2D eigenvalue weighted by molar-refractivity contribution is 6.30. The van der Waals surface area contributed by atoms with Crippen molar-refractivity contribution in [3.8, 4) is 5.69 Å². The van der Waals surface area contributed by atoms with Gasteiger partial charge in [0.1, 0.15) is 18.5 Å². The van der Waals surface area contributed by atoms with Crippen molar-refractivity contribution in [1.29, 1.82) is 0 Å². The van der Waals surface area contributed by atoms with Gasteiger partial charge in [-0.1, -0.05) is 32.4 Å². The first-order valence-electron chi connectivity index (χ1n) is 9.22. The first-order chi connectivity index (χ1) is 13.7. The number of nitrogens with zero attached hydrogens (tertiary/aromatic N) is 5. The first-order valence-corrected chi connectivity index (χ1v) is 9.60. The number of rotatable bonds is 5. The van der Waals surface area contributed by atoms with Crippen LogP contribution in [0.1, 0.15) is 32.8 Å². The molecule has 10 nitrogen and oxygen atoms in total. The van der Waals surface area contributed by atoms with Gasteiger partial charge in [-0.05, 0) is 46.0 Å². The molecule has 156 valence electrons. The molecule has 2 heterocycles. The predicted molar refractivity (Wildman–Crippen MR) is 105 cm³/mol. The Balaban J connectivity index is 1.71. The number of hydrazine groups is 1. The molecule has 1 aromatic heterocycles. The molecule has 1 aromatic carbocycles. The molecule has 0 spiro atoms. The Morgan fingerprint density at radius 1 is 1.41 bits per heavy atom. The standard InChI is InChI=1S/C18H24ClN7O3/c1-18(2,3)15(27)17(29)26-14(6-7-22-26)16(28)20-9-11-8-12(19)4-5-13(11)25-10-21-23-24-25/h4-5,8,10,14-15,22,27H,6-7,9H2,1-3H3,(H,20,28)/t14?,15-/m0/s1. The lowest BCUT2D eigenvalue weighted by Crippen LogP contribution is -2.55. The summed E-state index contributed by atoms with van der Waals surface area (Å²) in [6.45, 7) is 5.93. The van der Waals surface area contributed by atoms with Crippen molar-refractivity contribution in [1.82, 2.24) is 36.0 Å². The quantitative estimate of drug-likeness (QED) is 0.639. The van der Waals surface area contributed by atoms with E-state index in [1.807, 2.05) is 0 Å². The molecule has 2 aromatic rings. The van der Waals surface area contributed by atoms with Gasteiger partial charge in [0.2, 0.25) is 5.91 Å². The summed E-state index contributed by atoms with van der Waals surface area (Å²) in [6, 6.07) is 4.47. The van der Waals surface area contributed by atoms with E-state index in [2.05, 4.69) is 26.3 Å². The van der Waals surface area contributed by atoms with Gasteiger partial charge in [0.15, 0.2) is 0 Å². The molecule has 2 amide bonds. The van der Waals surface area contributed by atoms with Gasteiger partial charge in [-0.3, -0.25) is 14.6 Å².